The molecule has 0 amide bonds. The van der Waals surface area contributed by atoms with Crippen molar-refractivity contribution in [3.8, 4) is 134 Å². The standard InChI is InChI=1S/2C42H26N2S.C41H28N2S/c1-3-12-27(13-4-1)41-35-23-22-29(26-37(35)43-42(44-41)28-14-5-2-6-15-28)30-24-25-33(32-17-8-7-16-31(30)32)34-19-11-21-39-40(34)36-18-9-10-20-38(36)45-39;1-2-10-30(11-3-1)41-42(33-22-19-27-9-4-5-12-31(27)25-33)43-36-24-23-32(26-37(36)44-41)28-17-20-29(21-18-28)34-14-8-16-39-40(34)35-13-6-7-15-38(35)45-39;1-41(2)33-13-5-3-9-29(33)30-21-20-27(23-34(30)41)40-31-12-8-22-42-36(31)24-35(43-40)26-18-16-25(17-19-26)28-11-7-15-38-39(28)32-10-4-6-14-37(32)44-38/h2*1-26H;3-24H,1-2H3. The van der Waals surface area contributed by atoms with E-state index in [0.717, 1.165) is 117 Å². The van der Waals surface area contributed by atoms with E-state index in [0.29, 0.717) is 0 Å². The van der Waals surface area contributed by atoms with Gasteiger partial charge in [-0.15, -0.1) is 34.0 Å². The second-order valence-corrected chi connectivity index (χ2v) is 38.2. The molecule has 7 heterocycles. The van der Waals surface area contributed by atoms with Crippen molar-refractivity contribution in [2.45, 2.75) is 19.3 Å². The molecule has 0 spiro atoms. The Balaban J connectivity index is 0.000000107. The molecular formula is C125H80N6S3. The van der Waals surface area contributed by atoms with Crippen molar-refractivity contribution < 1.29 is 0 Å². The van der Waals surface area contributed by atoms with E-state index in [-0.39, 0.29) is 5.41 Å². The van der Waals surface area contributed by atoms with Crippen molar-refractivity contribution in [2.24, 2.45) is 0 Å². The van der Waals surface area contributed by atoms with E-state index in [1.807, 2.05) is 76.6 Å². The summed E-state index contributed by atoms with van der Waals surface area (Å²) in [7, 11) is 0. The van der Waals surface area contributed by atoms with Crippen LogP contribution in [-0.2, 0) is 5.41 Å². The molecule has 0 radical (unpaired) electrons. The quantitative estimate of drug-likeness (QED) is 0.128. The molecule has 0 saturated carbocycles. The van der Waals surface area contributed by atoms with Crippen molar-refractivity contribution in [1.29, 1.82) is 0 Å². The maximum atomic E-state index is 5.31. The van der Waals surface area contributed by atoms with Crippen molar-refractivity contribution in [1.82, 2.24) is 29.9 Å². The molecule has 0 aliphatic heterocycles. The Bertz CT molecular complexity index is 9160. The summed E-state index contributed by atoms with van der Waals surface area (Å²) >= 11 is 5.58. The highest BCUT2D eigenvalue weighted by Gasteiger charge is 2.36. The van der Waals surface area contributed by atoms with Gasteiger partial charge in [0.25, 0.3) is 0 Å². The van der Waals surface area contributed by atoms with Gasteiger partial charge in [-0.25, -0.2) is 24.9 Å². The zero-order chi connectivity index (χ0) is 88.9. The minimum atomic E-state index is -0.0694. The third-order valence-electron chi connectivity index (χ3n) is 26.7. The van der Waals surface area contributed by atoms with Gasteiger partial charge in [-0.2, -0.15) is 0 Å². The predicted octanol–water partition coefficient (Wildman–Crippen LogP) is 34.9. The lowest BCUT2D eigenvalue weighted by Gasteiger charge is -2.22. The van der Waals surface area contributed by atoms with E-state index in [9.17, 15) is 0 Å². The minimum absolute atomic E-state index is 0.0694. The lowest BCUT2D eigenvalue weighted by molar-refractivity contribution is 0.660. The second kappa shape index (κ2) is 33.2. The summed E-state index contributed by atoms with van der Waals surface area (Å²) in [5.74, 6) is 0.732. The number of nitrogens with zero attached hydrogens (tertiary/aromatic N) is 6. The molecule has 9 heteroatoms. The van der Waals surface area contributed by atoms with E-state index in [4.69, 9.17) is 29.9 Å². The topological polar surface area (TPSA) is 77.3 Å². The molecular weight excluding hydrogens is 1680 g/mol. The number of fused-ring (bicyclic) bond motifs is 17. The van der Waals surface area contributed by atoms with Gasteiger partial charge in [-0.05, 0) is 190 Å². The number of rotatable bonds is 11. The Morgan fingerprint density at radius 1 is 0.194 bits per heavy atom. The van der Waals surface area contributed by atoms with Crippen LogP contribution in [0.4, 0.5) is 0 Å². The molecule has 0 unspecified atom stereocenters. The average Bonchev–Trinajstić information content (AvgIpc) is 1.71. The van der Waals surface area contributed by atoms with Crippen LogP contribution in [-0.4, -0.2) is 29.9 Å². The van der Waals surface area contributed by atoms with E-state index in [1.165, 1.54) is 143 Å². The number of hydrogen-bond donors (Lipinski definition) is 0. The fraction of sp³-hybridized carbons (Fsp3) is 0.0240. The number of hydrogen-bond acceptors (Lipinski definition) is 9. The summed E-state index contributed by atoms with van der Waals surface area (Å²) in [5, 5.41) is 15.0. The Kier molecular flexibility index (Phi) is 19.8. The first-order valence-corrected chi connectivity index (χ1v) is 47.9. The first-order valence-electron chi connectivity index (χ1n) is 45.4. The summed E-state index contributed by atoms with van der Waals surface area (Å²) in [4.78, 5) is 30.7. The van der Waals surface area contributed by atoms with Crippen LogP contribution in [0.5, 0.6) is 0 Å². The van der Waals surface area contributed by atoms with Gasteiger partial charge in [0.1, 0.15) is 0 Å². The highest BCUT2D eigenvalue weighted by atomic mass is 32.1. The average molecular weight is 1760 g/mol. The Morgan fingerprint density at radius 3 is 1.28 bits per heavy atom. The lowest BCUT2D eigenvalue weighted by Crippen LogP contribution is -2.14. The smallest absolute Gasteiger partial charge is 0.160 e. The molecule has 27 rings (SSSR count). The molecule has 26 aromatic rings. The Labute approximate surface area is 786 Å². The van der Waals surface area contributed by atoms with Crippen LogP contribution in [0, 0.1) is 0 Å². The molecule has 0 saturated heterocycles. The van der Waals surface area contributed by atoms with E-state index < -0.39 is 0 Å². The molecule has 6 nitrogen and oxygen atoms in total. The number of pyridine rings is 2. The molecule has 0 bridgehead atoms. The fourth-order valence-corrected chi connectivity index (χ4v) is 23.6. The highest BCUT2D eigenvalue weighted by molar-refractivity contribution is 7.26. The lowest BCUT2D eigenvalue weighted by atomic mass is 9.82. The van der Waals surface area contributed by atoms with Gasteiger partial charge in [0, 0.05) is 116 Å². The minimum Gasteiger partial charge on any atom is -0.256 e. The molecule has 1 aliphatic rings. The number of thiophene rings is 3. The molecule has 0 atom stereocenters. The van der Waals surface area contributed by atoms with Gasteiger partial charge in [-0.3, -0.25) is 4.98 Å². The zero-order valence-electron chi connectivity index (χ0n) is 73.1. The van der Waals surface area contributed by atoms with Gasteiger partial charge in [0.05, 0.1) is 50.5 Å². The van der Waals surface area contributed by atoms with Gasteiger partial charge in [0.2, 0.25) is 0 Å². The Morgan fingerprint density at radius 2 is 0.627 bits per heavy atom. The summed E-state index contributed by atoms with van der Waals surface area (Å²) in [6.07, 6.45) is 1.87. The van der Waals surface area contributed by atoms with Crippen LogP contribution >= 0.6 is 34.0 Å². The van der Waals surface area contributed by atoms with Crippen LogP contribution < -0.4 is 0 Å². The monoisotopic (exact) mass is 1760 g/mol. The van der Waals surface area contributed by atoms with Crippen LogP contribution in [0.2, 0.25) is 0 Å². The zero-order valence-corrected chi connectivity index (χ0v) is 75.6. The molecule has 0 N–H and O–H groups in total. The summed E-state index contributed by atoms with van der Waals surface area (Å²) in [6, 6.07) is 158. The van der Waals surface area contributed by atoms with Crippen LogP contribution in [0.1, 0.15) is 25.0 Å². The second-order valence-electron chi connectivity index (χ2n) is 35.0. The predicted molar refractivity (Wildman–Crippen MR) is 570 cm³/mol. The first-order chi connectivity index (χ1) is 66.2. The number of aromatic nitrogens is 6. The van der Waals surface area contributed by atoms with Gasteiger partial charge in [0.15, 0.2) is 5.82 Å². The van der Waals surface area contributed by atoms with Crippen molar-refractivity contribution in [3.05, 3.63) is 460 Å². The summed E-state index contributed by atoms with van der Waals surface area (Å²) in [6.45, 7) is 4.65. The molecule has 134 heavy (non-hydrogen) atoms. The van der Waals surface area contributed by atoms with Gasteiger partial charge < -0.3 is 0 Å². The number of benzene rings is 19. The summed E-state index contributed by atoms with van der Waals surface area (Å²) < 4.78 is 7.94. The normalized spacial score (nSPS) is 12.2. The van der Waals surface area contributed by atoms with Crippen LogP contribution in [0.15, 0.2) is 449 Å². The highest BCUT2D eigenvalue weighted by Crippen LogP contribution is 2.52. The third-order valence-corrected chi connectivity index (χ3v) is 30.1. The summed E-state index contributed by atoms with van der Waals surface area (Å²) in [5.41, 5.74) is 32.1. The molecule has 19 aromatic carbocycles. The largest absolute Gasteiger partial charge is 0.256 e. The fourth-order valence-electron chi connectivity index (χ4n) is 20.2. The van der Waals surface area contributed by atoms with E-state index in [1.54, 1.807) is 0 Å². The molecule has 1 aliphatic carbocycles. The first kappa shape index (κ1) is 79.7. The van der Waals surface area contributed by atoms with Crippen LogP contribution in [0.3, 0.4) is 0 Å². The van der Waals surface area contributed by atoms with Gasteiger partial charge in [-0.1, -0.05) is 366 Å². The third kappa shape index (κ3) is 14.1. The molecule has 0 fully saturated rings. The maximum Gasteiger partial charge on any atom is 0.160 e. The molecule has 7 aromatic heterocycles. The SMILES string of the molecule is CC1(C)c2ccccc2-c2ccc(-c3nc(-c4ccc(-c5cccc6sc7ccccc7c56)cc4)cc4ncccc34)cc21.c1ccc(-c2nc(-c3ccccc3)c3ccc(-c4ccc(-c5cccc6sc7ccccc7c56)c5ccccc45)cc3n2)cc1.c1ccc(-c2nc3cc(-c4ccc(-c5cccc6sc7ccccc7c56)cc4)ccc3nc2-c2ccc3ccccc3c2)cc1. The van der Waals surface area contributed by atoms with Crippen molar-refractivity contribution in [2.75, 3.05) is 0 Å². The van der Waals surface area contributed by atoms with E-state index in [2.05, 4.69) is 420 Å². The van der Waals surface area contributed by atoms with E-state index >= 15 is 0 Å². The van der Waals surface area contributed by atoms with Crippen molar-refractivity contribution in [3.63, 3.8) is 0 Å². The van der Waals surface area contributed by atoms with Crippen LogP contribution in [0.25, 0.3) is 249 Å². The maximum absolute atomic E-state index is 5.31. The Hall–Kier alpha value is -16.4. The van der Waals surface area contributed by atoms with Crippen molar-refractivity contribution >= 4 is 149 Å². The van der Waals surface area contributed by atoms with Gasteiger partial charge >= 0.3 is 0 Å². The molecule has 628 valence electrons.